The van der Waals surface area contributed by atoms with Crippen molar-refractivity contribution in [1.29, 1.82) is 0 Å². The number of aliphatic hydroxyl groups is 1. The first-order valence-electron chi connectivity index (χ1n) is 8.02. The van der Waals surface area contributed by atoms with Crippen LogP contribution in [0, 0.1) is 5.92 Å². The van der Waals surface area contributed by atoms with Gasteiger partial charge in [0.1, 0.15) is 11.6 Å². The summed E-state index contributed by atoms with van der Waals surface area (Å²) in [6.45, 7) is 4.98. The number of hydrogen-bond acceptors (Lipinski definition) is 6. The highest BCUT2D eigenvalue weighted by Gasteiger charge is 2.51. The molecule has 136 valence electrons. The molecule has 25 heavy (non-hydrogen) atoms. The van der Waals surface area contributed by atoms with Gasteiger partial charge in [-0.25, -0.2) is 14.5 Å². The van der Waals surface area contributed by atoms with Gasteiger partial charge in [0.15, 0.2) is 0 Å². The van der Waals surface area contributed by atoms with Crippen LogP contribution in [0.5, 0.6) is 0 Å². The number of methoxy groups -OCH3 is 1. The Morgan fingerprint density at radius 3 is 2.36 bits per heavy atom. The number of carbonyl (C=O) groups is 3. The zero-order valence-electron chi connectivity index (χ0n) is 14.8. The third-order valence-electron chi connectivity index (χ3n) is 3.93. The van der Waals surface area contributed by atoms with Crippen LogP contribution in [0.4, 0.5) is 4.79 Å². The van der Waals surface area contributed by atoms with Gasteiger partial charge in [-0.05, 0) is 32.8 Å². The molecule has 1 saturated heterocycles. The molecule has 1 aliphatic rings. The second kappa shape index (κ2) is 7.23. The average molecular weight is 349 g/mol. The Hall–Kier alpha value is -2.41. The molecule has 1 aliphatic heterocycles. The van der Waals surface area contributed by atoms with Crippen molar-refractivity contribution in [2.75, 3.05) is 7.11 Å². The molecule has 1 unspecified atom stereocenters. The molecule has 1 aromatic rings. The summed E-state index contributed by atoms with van der Waals surface area (Å²) in [5, 5.41) is 10.5. The quantitative estimate of drug-likeness (QED) is 0.840. The highest BCUT2D eigenvalue weighted by molar-refractivity contribution is 6.01. The highest BCUT2D eigenvalue weighted by atomic mass is 16.6. The van der Waals surface area contributed by atoms with Crippen molar-refractivity contribution < 1.29 is 29.0 Å². The number of aliphatic hydroxyl groups excluding tert-OH is 1. The molecule has 2 rings (SSSR count). The van der Waals surface area contributed by atoms with Gasteiger partial charge in [-0.2, -0.15) is 0 Å². The summed E-state index contributed by atoms with van der Waals surface area (Å²) in [5.74, 6) is -2.30. The van der Waals surface area contributed by atoms with Crippen LogP contribution < -0.4 is 0 Å². The summed E-state index contributed by atoms with van der Waals surface area (Å²) < 4.78 is 9.93. The number of likely N-dealkylation sites (tertiary alicyclic amines) is 1. The van der Waals surface area contributed by atoms with E-state index < -0.39 is 41.6 Å². The number of hydrogen-bond donors (Lipinski definition) is 1. The van der Waals surface area contributed by atoms with Crippen LogP contribution in [0.1, 0.15) is 38.9 Å². The molecule has 7 nitrogen and oxygen atoms in total. The molecule has 0 spiro atoms. The largest absolute Gasteiger partial charge is 0.467 e. The third-order valence-corrected chi connectivity index (χ3v) is 3.93. The molecule has 0 aliphatic carbocycles. The summed E-state index contributed by atoms with van der Waals surface area (Å²) in [6.07, 6.45) is -2.08. The van der Waals surface area contributed by atoms with Gasteiger partial charge in [-0.1, -0.05) is 30.3 Å². The van der Waals surface area contributed by atoms with Gasteiger partial charge in [0.2, 0.25) is 5.91 Å². The fraction of sp³-hybridized carbons (Fsp3) is 0.500. The maximum Gasteiger partial charge on any atom is 0.417 e. The van der Waals surface area contributed by atoms with E-state index in [0.717, 1.165) is 4.90 Å². The molecule has 1 aromatic carbocycles. The molecule has 0 radical (unpaired) electrons. The van der Waals surface area contributed by atoms with Crippen LogP contribution in [0.25, 0.3) is 0 Å². The zero-order chi connectivity index (χ0) is 18.8. The van der Waals surface area contributed by atoms with E-state index in [1.807, 2.05) is 0 Å². The monoisotopic (exact) mass is 349 g/mol. The SMILES string of the molecule is COC(=O)[C@@H]1CC([C@H](O)c2ccccc2)C(=O)N1C(=O)OC(C)(C)C. The third kappa shape index (κ3) is 4.17. The van der Waals surface area contributed by atoms with Gasteiger partial charge in [-0.15, -0.1) is 0 Å². The lowest BCUT2D eigenvalue weighted by molar-refractivity contribution is -0.149. The van der Waals surface area contributed by atoms with Gasteiger partial charge >= 0.3 is 12.1 Å². The number of amides is 2. The molecule has 1 N–H and O–H groups in total. The number of carbonyl (C=O) groups excluding carboxylic acids is 3. The standard InChI is InChI=1S/C18H23NO6/c1-18(2,3)25-17(23)19-13(16(22)24-4)10-12(15(19)21)14(20)11-8-6-5-7-9-11/h5-9,12-14,20H,10H2,1-4H3/t12?,13-,14+/m0/s1. The number of nitrogens with zero attached hydrogens (tertiary/aromatic N) is 1. The number of rotatable bonds is 3. The van der Waals surface area contributed by atoms with E-state index in [0.29, 0.717) is 5.56 Å². The molecule has 0 saturated carbocycles. The highest BCUT2D eigenvalue weighted by Crippen LogP contribution is 2.36. The Morgan fingerprint density at radius 1 is 1.24 bits per heavy atom. The second-order valence-electron chi connectivity index (χ2n) is 6.93. The van der Waals surface area contributed by atoms with Crippen molar-refractivity contribution in [2.45, 2.75) is 44.9 Å². The summed E-state index contributed by atoms with van der Waals surface area (Å²) in [7, 11) is 1.18. The molecule has 0 aromatic heterocycles. The zero-order valence-corrected chi connectivity index (χ0v) is 14.8. The molecule has 1 fully saturated rings. The van der Waals surface area contributed by atoms with Crippen molar-refractivity contribution in [1.82, 2.24) is 4.90 Å². The van der Waals surface area contributed by atoms with E-state index >= 15 is 0 Å². The average Bonchev–Trinajstić information content (AvgIpc) is 2.90. The molecular formula is C18H23NO6. The number of esters is 1. The minimum absolute atomic E-state index is 0.0270. The van der Waals surface area contributed by atoms with Crippen molar-refractivity contribution in [2.24, 2.45) is 5.92 Å². The molecular weight excluding hydrogens is 326 g/mol. The smallest absolute Gasteiger partial charge is 0.417 e. The predicted molar refractivity (Wildman–Crippen MR) is 88.4 cm³/mol. The van der Waals surface area contributed by atoms with Gasteiger partial charge in [-0.3, -0.25) is 4.79 Å². The number of imide groups is 1. The van der Waals surface area contributed by atoms with Crippen LogP contribution >= 0.6 is 0 Å². The molecule has 3 atom stereocenters. The normalized spacial score (nSPS) is 21.8. The first-order chi connectivity index (χ1) is 11.7. The number of benzene rings is 1. The Kier molecular flexibility index (Phi) is 5.47. The Bertz CT molecular complexity index is 651. The molecule has 7 heteroatoms. The van der Waals surface area contributed by atoms with Crippen LogP contribution in [0.2, 0.25) is 0 Å². The lowest BCUT2D eigenvalue weighted by Gasteiger charge is -2.26. The lowest BCUT2D eigenvalue weighted by Crippen LogP contribution is -2.46. The lowest BCUT2D eigenvalue weighted by atomic mass is 9.93. The Morgan fingerprint density at radius 2 is 1.84 bits per heavy atom. The summed E-state index contributed by atoms with van der Waals surface area (Å²) >= 11 is 0. The molecule has 2 amide bonds. The summed E-state index contributed by atoms with van der Waals surface area (Å²) in [4.78, 5) is 37.9. The predicted octanol–water partition coefficient (Wildman–Crippen LogP) is 2.05. The van der Waals surface area contributed by atoms with Gasteiger partial charge in [0, 0.05) is 0 Å². The second-order valence-corrected chi connectivity index (χ2v) is 6.93. The van der Waals surface area contributed by atoms with Gasteiger partial charge in [0.25, 0.3) is 0 Å². The van der Waals surface area contributed by atoms with Crippen molar-refractivity contribution in [3.05, 3.63) is 35.9 Å². The topological polar surface area (TPSA) is 93.1 Å². The molecule has 1 heterocycles. The van der Waals surface area contributed by atoms with Crippen LogP contribution in [-0.2, 0) is 19.1 Å². The minimum atomic E-state index is -1.13. The summed E-state index contributed by atoms with van der Waals surface area (Å²) in [6, 6.07) is 7.51. The van der Waals surface area contributed by atoms with Crippen LogP contribution in [-0.4, -0.2) is 46.7 Å². The first kappa shape index (κ1) is 18.9. The maximum atomic E-state index is 12.7. The fourth-order valence-corrected chi connectivity index (χ4v) is 2.79. The minimum Gasteiger partial charge on any atom is -0.467 e. The fourth-order valence-electron chi connectivity index (χ4n) is 2.79. The Balaban J connectivity index is 2.29. The van der Waals surface area contributed by atoms with E-state index in [1.54, 1.807) is 51.1 Å². The summed E-state index contributed by atoms with van der Waals surface area (Å²) in [5.41, 5.74) is -0.288. The van der Waals surface area contributed by atoms with E-state index in [9.17, 15) is 19.5 Å². The maximum absolute atomic E-state index is 12.7. The van der Waals surface area contributed by atoms with E-state index in [-0.39, 0.29) is 6.42 Å². The van der Waals surface area contributed by atoms with Crippen LogP contribution in [0.3, 0.4) is 0 Å². The van der Waals surface area contributed by atoms with E-state index in [2.05, 4.69) is 0 Å². The van der Waals surface area contributed by atoms with Crippen molar-refractivity contribution >= 4 is 18.0 Å². The van der Waals surface area contributed by atoms with Gasteiger partial charge < -0.3 is 14.6 Å². The van der Waals surface area contributed by atoms with Crippen molar-refractivity contribution in [3.63, 3.8) is 0 Å². The van der Waals surface area contributed by atoms with Gasteiger partial charge in [0.05, 0.1) is 19.1 Å². The Labute approximate surface area is 146 Å². The van der Waals surface area contributed by atoms with E-state index in [1.165, 1.54) is 7.11 Å². The van der Waals surface area contributed by atoms with E-state index in [4.69, 9.17) is 9.47 Å². The van der Waals surface area contributed by atoms with Crippen LogP contribution in [0.15, 0.2) is 30.3 Å². The first-order valence-corrected chi connectivity index (χ1v) is 8.02. The van der Waals surface area contributed by atoms with Crippen molar-refractivity contribution in [3.8, 4) is 0 Å². The molecule has 0 bridgehead atoms. The number of ether oxygens (including phenoxy) is 2.